The molecule has 1 heterocycles. The van der Waals surface area contributed by atoms with E-state index in [-0.39, 0.29) is 40.7 Å². The van der Waals surface area contributed by atoms with Gasteiger partial charge in [-0.1, -0.05) is 32.4 Å². The first kappa shape index (κ1) is 22.2. The topological polar surface area (TPSA) is 93.9 Å². The van der Waals surface area contributed by atoms with Gasteiger partial charge in [-0.2, -0.15) is 0 Å². The Hall–Kier alpha value is -2.06. The van der Waals surface area contributed by atoms with E-state index in [2.05, 4.69) is 5.43 Å². The predicted molar refractivity (Wildman–Crippen MR) is 103 cm³/mol. The molecule has 9 heteroatoms. The highest BCUT2D eigenvalue weighted by molar-refractivity contribution is 6.30. The number of nitrogens with one attached hydrogen (secondary N) is 1. The second-order valence-electron chi connectivity index (χ2n) is 7.95. The Morgan fingerprint density at radius 2 is 2.00 bits per heavy atom. The van der Waals surface area contributed by atoms with Crippen molar-refractivity contribution in [3.8, 4) is 5.75 Å². The quantitative estimate of drug-likeness (QED) is 0.744. The Labute approximate surface area is 169 Å². The predicted octanol–water partition coefficient (Wildman–Crippen LogP) is 3.11. The average Bonchev–Trinajstić information content (AvgIpc) is 2.60. The van der Waals surface area contributed by atoms with E-state index >= 15 is 0 Å². The molecule has 0 bridgehead atoms. The first-order valence-corrected chi connectivity index (χ1v) is 9.52. The summed E-state index contributed by atoms with van der Waals surface area (Å²) in [5, 5.41) is 1.79. The van der Waals surface area contributed by atoms with E-state index in [0.717, 1.165) is 18.9 Å². The number of hydrogen-bond donors (Lipinski definition) is 2. The molecule has 1 aliphatic rings. The van der Waals surface area contributed by atoms with Gasteiger partial charge >= 0.3 is 6.09 Å². The average molecular weight is 416 g/mol. The van der Waals surface area contributed by atoms with Gasteiger partial charge in [-0.05, 0) is 36.3 Å². The number of nitrogens with two attached hydrogens (primary N) is 1. The van der Waals surface area contributed by atoms with Crippen molar-refractivity contribution in [1.29, 1.82) is 0 Å². The third kappa shape index (κ3) is 6.53. The summed E-state index contributed by atoms with van der Waals surface area (Å²) in [6.07, 6.45) is 0.440. The molecule has 28 heavy (non-hydrogen) atoms. The lowest BCUT2D eigenvalue weighted by Crippen LogP contribution is -2.51. The number of benzene rings is 1. The summed E-state index contributed by atoms with van der Waals surface area (Å²) in [7, 11) is 0. The normalized spacial score (nSPS) is 17.0. The first-order valence-electron chi connectivity index (χ1n) is 9.14. The molecule has 1 fully saturated rings. The fraction of sp³-hybridized carbons (Fsp3) is 0.579. The molecule has 3 N–H and O–H groups in total. The Bertz CT molecular complexity index is 703. The van der Waals surface area contributed by atoms with Crippen molar-refractivity contribution >= 4 is 23.6 Å². The van der Waals surface area contributed by atoms with Crippen LogP contribution in [0.5, 0.6) is 5.75 Å². The highest BCUT2D eigenvalue weighted by Crippen LogP contribution is 2.34. The number of hydrogen-bond acceptors (Lipinski definition) is 5. The molecule has 7 nitrogen and oxygen atoms in total. The number of rotatable bonds is 6. The number of hydrazine groups is 1. The summed E-state index contributed by atoms with van der Waals surface area (Å²) in [5.74, 6) is -0.552. The highest BCUT2D eigenvalue weighted by atomic mass is 35.5. The summed E-state index contributed by atoms with van der Waals surface area (Å²) < 4.78 is 24.0. The standard InChI is InChI=1S/C19H27ClFN3O4/c1-19(2,3)17(28-18(22)26)12-6-8-24(9-7-12)23-16(25)11-27-13-4-5-14(20)15(21)10-13/h4-5,10,12,17H,6-9,11H2,1-3H3,(H2,22,26)(H,23,25). The van der Waals surface area contributed by atoms with Gasteiger partial charge < -0.3 is 15.2 Å². The van der Waals surface area contributed by atoms with Crippen LogP contribution < -0.4 is 15.9 Å². The molecule has 0 aliphatic carbocycles. The maximum Gasteiger partial charge on any atom is 0.404 e. The number of amides is 2. The van der Waals surface area contributed by atoms with E-state index < -0.39 is 11.9 Å². The minimum absolute atomic E-state index is 0.00597. The van der Waals surface area contributed by atoms with Crippen LogP contribution >= 0.6 is 11.6 Å². The lowest BCUT2D eigenvalue weighted by Gasteiger charge is -2.40. The van der Waals surface area contributed by atoms with Crippen LogP contribution in [-0.4, -0.2) is 42.8 Å². The summed E-state index contributed by atoms with van der Waals surface area (Å²) >= 11 is 5.61. The lowest BCUT2D eigenvalue weighted by molar-refractivity contribution is -0.129. The second kappa shape index (κ2) is 9.43. The Morgan fingerprint density at radius 3 is 2.54 bits per heavy atom. The van der Waals surface area contributed by atoms with E-state index in [1.807, 2.05) is 20.8 Å². The van der Waals surface area contributed by atoms with Gasteiger partial charge in [-0.15, -0.1) is 0 Å². The van der Waals surface area contributed by atoms with Gasteiger partial charge in [0.2, 0.25) is 0 Å². The van der Waals surface area contributed by atoms with Gasteiger partial charge in [-0.25, -0.2) is 14.2 Å². The largest absolute Gasteiger partial charge is 0.484 e. The molecule has 1 aromatic carbocycles. The van der Waals surface area contributed by atoms with Crippen LogP contribution in [0.3, 0.4) is 0 Å². The van der Waals surface area contributed by atoms with Gasteiger partial charge in [0.15, 0.2) is 6.61 Å². The van der Waals surface area contributed by atoms with Gasteiger partial charge in [0.05, 0.1) is 5.02 Å². The maximum atomic E-state index is 13.4. The second-order valence-corrected chi connectivity index (χ2v) is 8.35. The molecule has 1 unspecified atom stereocenters. The number of carbonyl (C=O) groups is 2. The number of primary amides is 1. The molecule has 0 saturated carbocycles. The molecule has 0 radical (unpaired) electrons. The minimum atomic E-state index is -0.772. The molecule has 0 aromatic heterocycles. The fourth-order valence-corrected chi connectivity index (χ4v) is 3.46. The van der Waals surface area contributed by atoms with Crippen LogP contribution in [0.25, 0.3) is 0 Å². The van der Waals surface area contributed by atoms with Crippen molar-refractivity contribution in [2.24, 2.45) is 17.1 Å². The molecule has 1 aromatic rings. The molecule has 0 spiro atoms. The van der Waals surface area contributed by atoms with Crippen molar-refractivity contribution in [3.63, 3.8) is 0 Å². The van der Waals surface area contributed by atoms with Gasteiger partial charge in [0.1, 0.15) is 17.7 Å². The highest BCUT2D eigenvalue weighted by Gasteiger charge is 2.37. The molecule has 156 valence electrons. The van der Waals surface area contributed by atoms with E-state index in [4.69, 9.17) is 26.8 Å². The van der Waals surface area contributed by atoms with Gasteiger partial charge in [-0.3, -0.25) is 10.2 Å². The van der Waals surface area contributed by atoms with Crippen LogP contribution in [0.1, 0.15) is 33.6 Å². The van der Waals surface area contributed by atoms with Crippen LogP contribution in [0.2, 0.25) is 5.02 Å². The van der Waals surface area contributed by atoms with Crippen LogP contribution in [0.15, 0.2) is 18.2 Å². The van der Waals surface area contributed by atoms with E-state index in [0.29, 0.717) is 13.1 Å². The lowest BCUT2D eigenvalue weighted by atomic mass is 9.77. The van der Waals surface area contributed by atoms with Crippen molar-refractivity contribution in [2.75, 3.05) is 19.7 Å². The summed E-state index contributed by atoms with van der Waals surface area (Å²) in [6, 6.07) is 4.00. The zero-order valence-corrected chi connectivity index (χ0v) is 17.1. The molecular weight excluding hydrogens is 389 g/mol. The SMILES string of the molecule is CC(C)(C)C(OC(N)=O)C1CCN(NC(=O)COc2ccc(Cl)c(F)c2)CC1. The van der Waals surface area contributed by atoms with E-state index in [1.54, 1.807) is 5.01 Å². The molecule has 1 atom stereocenters. The number of nitrogens with zero attached hydrogens (tertiary/aromatic N) is 1. The summed E-state index contributed by atoms with van der Waals surface area (Å²) in [5.41, 5.74) is 7.76. The number of halogens is 2. The van der Waals surface area contributed by atoms with Crippen LogP contribution in [0.4, 0.5) is 9.18 Å². The van der Waals surface area contributed by atoms with Crippen molar-refractivity contribution in [1.82, 2.24) is 10.4 Å². The van der Waals surface area contributed by atoms with Crippen molar-refractivity contribution in [2.45, 2.75) is 39.7 Å². The Kier molecular flexibility index (Phi) is 7.48. The molecule has 2 rings (SSSR count). The number of carbonyl (C=O) groups excluding carboxylic acids is 2. The van der Waals surface area contributed by atoms with Gasteiger partial charge in [0, 0.05) is 19.2 Å². The van der Waals surface area contributed by atoms with E-state index in [1.165, 1.54) is 12.1 Å². The third-order valence-corrected chi connectivity index (χ3v) is 4.91. The van der Waals surface area contributed by atoms with Gasteiger partial charge in [0.25, 0.3) is 5.91 Å². The maximum absolute atomic E-state index is 13.4. The smallest absolute Gasteiger partial charge is 0.404 e. The fourth-order valence-electron chi connectivity index (χ4n) is 3.34. The minimum Gasteiger partial charge on any atom is -0.484 e. The van der Waals surface area contributed by atoms with Crippen LogP contribution in [0, 0.1) is 17.2 Å². The Balaban J connectivity index is 1.80. The third-order valence-electron chi connectivity index (χ3n) is 4.61. The summed E-state index contributed by atoms with van der Waals surface area (Å²) in [4.78, 5) is 23.3. The monoisotopic (exact) mass is 415 g/mol. The van der Waals surface area contributed by atoms with Crippen LogP contribution in [-0.2, 0) is 9.53 Å². The molecular formula is C19H27ClFN3O4. The summed E-state index contributed by atoms with van der Waals surface area (Å²) in [6.45, 7) is 7.00. The van der Waals surface area contributed by atoms with Crippen molar-refractivity contribution < 1.29 is 23.5 Å². The molecule has 1 saturated heterocycles. The van der Waals surface area contributed by atoms with Crippen molar-refractivity contribution in [3.05, 3.63) is 29.0 Å². The number of piperidine rings is 1. The Morgan fingerprint density at radius 1 is 1.36 bits per heavy atom. The molecule has 1 aliphatic heterocycles. The van der Waals surface area contributed by atoms with E-state index in [9.17, 15) is 14.0 Å². The zero-order valence-electron chi connectivity index (χ0n) is 16.3. The first-order chi connectivity index (χ1) is 13.1. The number of ether oxygens (including phenoxy) is 2. The molecule has 2 amide bonds. The zero-order chi connectivity index (χ0) is 20.9.